The van der Waals surface area contributed by atoms with E-state index in [1.807, 2.05) is 6.92 Å². The lowest BCUT2D eigenvalue weighted by Crippen LogP contribution is -2.28. The summed E-state index contributed by atoms with van der Waals surface area (Å²) in [5, 5.41) is 2.89. The largest absolute Gasteiger partial charge is 0.352 e. The number of rotatable bonds is 8. The monoisotopic (exact) mass is 428 g/mol. The number of hydrogen-bond donors (Lipinski definition) is 1. The van der Waals surface area contributed by atoms with Crippen LogP contribution < -0.4 is 5.32 Å². The summed E-state index contributed by atoms with van der Waals surface area (Å²) in [6.45, 7) is 2.51. The second-order valence-corrected chi connectivity index (χ2v) is 9.62. The SMILES string of the molecule is Cc1ccc(S(=O)(=O)N(C)Cc2ncc(C(=O)NCCC3=CCCCC3)cn2)cc1. The standard InChI is InChI=1S/C22H28N4O3S/c1-17-8-10-20(11-9-17)30(28,29)26(2)16-21-24-14-19(15-25-21)22(27)23-13-12-18-6-4-3-5-7-18/h6,8-11,14-15H,3-5,7,12-13,16H2,1-2H3,(H,23,27). The van der Waals surface area contributed by atoms with E-state index in [0.717, 1.165) is 24.8 Å². The maximum atomic E-state index is 12.7. The molecule has 0 bridgehead atoms. The molecule has 0 unspecified atom stereocenters. The maximum absolute atomic E-state index is 12.7. The molecule has 7 nitrogen and oxygen atoms in total. The summed E-state index contributed by atoms with van der Waals surface area (Å²) in [5.74, 6) is 0.107. The van der Waals surface area contributed by atoms with E-state index in [2.05, 4.69) is 21.4 Å². The van der Waals surface area contributed by atoms with Crippen LogP contribution in [0.1, 0.15) is 53.8 Å². The van der Waals surface area contributed by atoms with Gasteiger partial charge in [0.2, 0.25) is 10.0 Å². The van der Waals surface area contributed by atoms with Crippen molar-refractivity contribution in [2.75, 3.05) is 13.6 Å². The molecular weight excluding hydrogens is 400 g/mol. The first-order valence-electron chi connectivity index (χ1n) is 10.2. The van der Waals surface area contributed by atoms with Gasteiger partial charge in [-0.25, -0.2) is 18.4 Å². The molecule has 1 aliphatic rings. The Balaban J connectivity index is 1.55. The molecule has 1 aliphatic carbocycles. The van der Waals surface area contributed by atoms with Crippen LogP contribution in [0, 0.1) is 6.92 Å². The van der Waals surface area contributed by atoms with Crippen molar-refractivity contribution < 1.29 is 13.2 Å². The molecule has 0 saturated carbocycles. The van der Waals surface area contributed by atoms with Gasteiger partial charge >= 0.3 is 0 Å². The lowest BCUT2D eigenvalue weighted by molar-refractivity contribution is 0.0953. The molecule has 160 valence electrons. The van der Waals surface area contributed by atoms with E-state index >= 15 is 0 Å². The van der Waals surface area contributed by atoms with Gasteiger partial charge in [-0.1, -0.05) is 29.3 Å². The van der Waals surface area contributed by atoms with Crippen molar-refractivity contribution in [1.82, 2.24) is 19.6 Å². The molecule has 0 aliphatic heterocycles. The summed E-state index contributed by atoms with van der Waals surface area (Å²) in [7, 11) is -2.15. The number of aromatic nitrogens is 2. The summed E-state index contributed by atoms with van der Waals surface area (Å²) in [4.78, 5) is 20.8. The molecule has 1 aromatic heterocycles. The fourth-order valence-electron chi connectivity index (χ4n) is 3.30. The second-order valence-electron chi connectivity index (χ2n) is 7.58. The van der Waals surface area contributed by atoms with Gasteiger partial charge in [0.1, 0.15) is 5.82 Å². The highest BCUT2D eigenvalue weighted by atomic mass is 32.2. The van der Waals surface area contributed by atoms with Gasteiger partial charge in [-0.15, -0.1) is 0 Å². The van der Waals surface area contributed by atoms with Crippen LogP contribution in [0.15, 0.2) is 53.2 Å². The van der Waals surface area contributed by atoms with Crippen molar-refractivity contribution in [2.24, 2.45) is 0 Å². The first kappa shape index (κ1) is 22.1. The fourth-order valence-corrected chi connectivity index (χ4v) is 4.42. The predicted octanol–water partition coefficient (Wildman–Crippen LogP) is 3.23. The topological polar surface area (TPSA) is 92.3 Å². The molecule has 1 N–H and O–H groups in total. The Morgan fingerprint density at radius 1 is 1.13 bits per heavy atom. The van der Waals surface area contributed by atoms with Crippen LogP contribution in [0.4, 0.5) is 0 Å². The van der Waals surface area contributed by atoms with E-state index < -0.39 is 10.0 Å². The van der Waals surface area contributed by atoms with Crippen LogP contribution in [-0.4, -0.2) is 42.2 Å². The van der Waals surface area contributed by atoms with Crippen LogP contribution in [0.25, 0.3) is 0 Å². The number of carbonyl (C=O) groups excluding carboxylic acids is 1. The van der Waals surface area contributed by atoms with Crippen LogP contribution in [0.3, 0.4) is 0 Å². The molecule has 0 radical (unpaired) electrons. The van der Waals surface area contributed by atoms with E-state index in [1.54, 1.807) is 24.3 Å². The lowest BCUT2D eigenvalue weighted by Gasteiger charge is -2.16. The smallest absolute Gasteiger partial charge is 0.254 e. The van der Waals surface area contributed by atoms with E-state index in [1.165, 1.54) is 42.2 Å². The quantitative estimate of drug-likeness (QED) is 0.652. The van der Waals surface area contributed by atoms with Crippen LogP contribution in [0.5, 0.6) is 0 Å². The lowest BCUT2D eigenvalue weighted by atomic mass is 9.97. The number of benzene rings is 1. The number of aryl methyl sites for hydroxylation is 1. The molecule has 0 atom stereocenters. The molecule has 1 aromatic carbocycles. The van der Waals surface area contributed by atoms with E-state index in [-0.39, 0.29) is 17.3 Å². The number of nitrogens with zero attached hydrogens (tertiary/aromatic N) is 3. The zero-order valence-corrected chi connectivity index (χ0v) is 18.3. The molecular formula is C22H28N4O3S. The van der Waals surface area contributed by atoms with Crippen LogP contribution in [-0.2, 0) is 16.6 Å². The number of nitrogens with one attached hydrogen (secondary N) is 1. The summed E-state index contributed by atoms with van der Waals surface area (Å²) >= 11 is 0. The Labute approximate surface area is 178 Å². The number of hydrogen-bond acceptors (Lipinski definition) is 5. The van der Waals surface area contributed by atoms with Crippen molar-refractivity contribution in [3.63, 3.8) is 0 Å². The van der Waals surface area contributed by atoms with Crippen LogP contribution >= 0.6 is 0 Å². The molecule has 0 spiro atoms. The molecule has 3 rings (SSSR count). The third-order valence-corrected chi connectivity index (χ3v) is 7.00. The number of allylic oxidation sites excluding steroid dienone is 1. The highest BCUT2D eigenvalue weighted by molar-refractivity contribution is 7.89. The Hall–Kier alpha value is -2.58. The Bertz CT molecular complexity index is 1000. The van der Waals surface area contributed by atoms with E-state index in [0.29, 0.717) is 17.9 Å². The van der Waals surface area contributed by atoms with Gasteiger partial charge in [-0.05, 0) is 51.2 Å². The zero-order chi connectivity index (χ0) is 21.6. The number of amides is 1. The first-order valence-corrected chi connectivity index (χ1v) is 11.6. The number of carbonyl (C=O) groups is 1. The third-order valence-electron chi connectivity index (χ3n) is 5.18. The van der Waals surface area contributed by atoms with Gasteiger partial charge in [0.25, 0.3) is 5.91 Å². The highest BCUT2D eigenvalue weighted by Crippen LogP contribution is 2.19. The average molecular weight is 429 g/mol. The van der Waals surface area contributed by atoms with Gasteiger partial charge in [0.15, 0.2) is 0 Å². The molecule has 2 aromatic rings. The molecule has 1 heterocycles. The summed E-state index contributed by atoms with van der Waals surface area (Å²) < 4.78 is 26.5. The maximum Gasteiger partial charge on any atom is 0.254 e. The minimum Gasteiger partial charge on any atom is -0.352 e. The predicted molar refractivity (Wildman–Crippen MR) is 115 cm³/mol. The highest BCUT2D eigenvalue weighted by Gasteiger charge is 2.21. The van der Waals surface area contributed by atoms with Crippen molar-refractivity contribution in [3.8, 4) is 0 Å². The molecule has 0 fully saturated rings. The van der Waals surface area contributed by atoms with Crippen molar-refractivity contribution in [1.29, 1.82) is 0 Å². The van der Waals surface area contributed by atoms with E-state index in [9.17, 15) is 13.2 Å². The van der Waals surface area contributed by atoms with Gasteiger partial charge in [0, 0.05) is 26.0 Å². The summed E-state index contributed by atoms with van der Waals surface area (Å²) in [6, 6.07) is 6.68. The average Bonchev–Trinajstić information content (AvgIpc) is 2.75. The zero-order valence-electron chi connectivity index (χ0n) is 17.5. The van der Waals surface area contributed by atoms with Gasteiger partial charge in [-0.3, -0.25) is 4.79 Å². The molecule has 8 heteroatoms. The minimum absolute atomic E-state index is 0.0201. The first-order chi connectivity index (χ1) is 14.4. The van der Waals surface area contributed by atoms with Gasteiger partial charge in [0.05, 0.1) is 17.0 Å². The summed E-state index contributed by atoms with van der Waals surface area (Å²) in [5.41, 5.74) is 2.76. The second kappa shape index (κ2) is 9.95. The van der Waals surface area contributed by atoms with Gasteiger partial charge < -0.3 is 5.32 Å². The fraction of sp³-hybridized carbons (Fsp3) is 0.409. The third kappa shape index (κ3) is 5.73. The number of sulfonamides is 1. The Morgan fingerprint density at radius 3 is 2.47 bits per heavy atom. The minimum atomic E-state index is -3.63. The Morgan fingerprint density at radius 2 is 1.83 bits per heavy atom. The van der Waals surface area contributed by atoms with Gasteiger partial charge in [-0.2, -0.15) is 4.31 Å². The molecule has 1 amide bonds. The Kier molecular flexibility index (Phi) is 7.33. The van der Waals surface area contributed by atoms with Crippen molar-refractivity contribution in [3.05, 3.63) is 65.3 Å². The van der Waals surface area contributed by atoms with Crippen molar-refractivity contribution >= 4 is 15.9 Å². The molecule has 30 heavy (non-hydrogen) atoms. The van der Waals surface area contributed by atoms with E-state index in [4.69, 9.17) is 0 Å². The van der Waals surface area contributed by atoms with Crippen LogP contribution in [0.2, 0.25) is 0 Å². The molecule has 0 saturated heterocycles. The normalized spacial score (nSPS) is 14.4. The summed E-state index contributed by atoms with van der Waals surface area (Å²) in [6.07, 6.45) is 10.7. The van der Waals surface area contributed by atoms with Crippen molar-refractivity contribution in [2.45, 2.75) is 50.5 Å².